The molecule has 4 heterocycles. The van der Waals surface area contributed by atoms with Crippen LogP contribution < -0.4 is 10.2 Å². The third-order valence-electron chi connectivity index (χ3n) is 5.01. The Bertz CT molecular complexity index is 1120. The Morgan fingerprint density at radius 3 is 2.93 bits per heavy atom. The van der Waals surface area contributed by atoms with Crippen molar-refractivity contribution in [2.75, 3.05) is 18.0 Å². The monoisotopic (exact) mass is 373 g/mol. The van der Waals surface area contributed by atoms with Crippen molar-refractivity contribution in [1.82, 2.24) is 19.7 Å². The lowest BCUT2D eigenvalue weighted by atomic mass is 10.2. The molecule has 1 amide bonds. The molecule has 7 heteroatoms. The van der Waals surface area contributed by atoms with Gasteiger partial charge in [0, 0.05) is 43.3 Å². The van der Waals surface area contributed by atoms with Gasteiger partial charge in [0.2, 0.25) is 5.89 Å². The van der Waals surface area contributed by atoms with Crippen LogP contribution in [0, 0.1) is 0 Å². The molecule has 1 saturated heterocycles. The lowest BCUT2D eigenvalue weighted by Crippen LogP contribution is -2.37. The number of amides is 1. The van der Waals surface area contributed by atoms with Crippen molar-refractivity contribution in [1.29, 1.82) is 0 Å². The number of nitrogens with one attached hydrogen (secondary N) is 1. The summed E-state index contributed by atoms with van der Waals surface area (Å²) in [5.41, 5.74) is 2.21. The van der Waals surface area contributed by atoms with Crippen LogP contribution in [0.3, 0.4) is 0 Å². The van der Waals surface area contributed by atoms with Gasteiger partial charge in [-0.15, -0.1) is 0 Å². The minimum absolute atomic E-state index is 0.0430. The first kappa shape index (κ1) is 16.6. The quantitative estimate of drug-likeness (QED) is 0.595. The van der Waals surface area contributed by atoms with Crippen LogP contribution in [-0.4, -0.2) is 39.4 Å². The van der Waals surface area contributed by atoms with Crippen LogP contribution in [0.25, 0.3) is 17.0 Å². The van der Waals surface area contributed by atoms with Gasteiger partial charge in [0.25, 0.3) is 5.91 Å². The van der Waals surface area contributed by atoms with E-state index < -0.39 is 0 Å². The van der Waals surface area contributed by atoms with E-state index in [4.69, 9.17) is 4.42 Å². The number of carbonyl (C=O) groups is 1. The smallest absolute Gasteiger partial charge is 0.273 e. The number of nitrogens with zero attached hydrogens (tertiary/aromatic N) is 4. The SMILES string of the molecule is O=C(N[C@H]1CCN(c2nccn3cccc23)C1)c1coc(-c2ccccc2)n1. The molecular formula is C21H19N5O2. The molecule has 1 aliphatic rings. The molecule has 1 aliphatic heterocycles. The summed E-state index contributed by atoms with van der Waals surface area (Å²) in [7, 11) is 0. The lowest BCUT2D eigenvalue weighted by molar-refractivity contribution is 0.0935. The van der Waals surface area contributed by atoms with Gasteiger partial charge in [0.15, 0.2) is 11.5 Å². The van der Waals surface area contributed by atoms with E-state index >= 15 is 0 Å². The Balaban J connectivity index is 1.27. The van der Waals surface area contributed by atoms with Crippen LogP contribution in [0.4, 0.5) is 5.82 Å². The predicted octanol–water partition coefficient (Wildman–Crippen LogP) is 3.00. The summed E-state index contributed by atoms with van der Waals surface area (Å²) in [5.74, 6) is 1.17. The van der Waals surface area contributed by atoms with E-state index in [-0.39, 0.29) is 11.9 Å². The number of oxazole rings is 1. The minimum Gasteiger partial charge on any atom is -0.444 e. The molecule has 7 nitrogen and oxygen atoms in total. The second kappa shape index (κ2) is 6.84. The van der Waals surface area contributed by atoms with Gasteiger partial charge in [0.1, 0.15) is 6.26 Å². The fraction of sp³-hybridized carbons (Fsp3) is 0.190. The molecule has 140 valence electrons. The molecule has 0 spiro atoms. The standard InChI is InChI=1S/C21H19N5O2/c27-20(17-14-28-21(24-17)15-5-2-1-3-6-15)23-16-8-11-26(13-16)19-18-7-4-10-25(18)12-9-22-19/h1-7,9-10,12,14,16H,8,11,13H2,(H,23,27)/t16-/m0/s1. The zero-order valence-electron chi connectivity index (χ0n) is 15.2. The topological polar surface area (TPSA) is 75.7 Å². The summed E-state index contributed by atoms with van der Waals surface area (Å²) in [5, 5.41) is 3.06. The highest BCUT2D eigenvalue weighted by molar-refractivity contribution is 5.92. The van der Waals surface area contributed by atoms with Crippen LogP contribution in [0.15, 0.2) is 71.7 Å². The van der Waals surface area contributed by atoms with Gasteiger partial charge in [0.05, 0.1) is 5.52 Å². The molecule has 1 N–H and O–H groups in total. The van der Waals surface area contributed by atoms with Crippen molar-refractivity contribution >= 4 is 17.2 Å². The van der Waals surface area contributed by atoms with E-state index in [1.165, 1.54) is 6.26 Å². The van der Waals surface area contributed by atoms with Crippen molar-refractivity contribution in [2.45, 2.75) is 12.5 Å². The number of hydrogen-bond donors (Lipinski definition) is 1. The highest BCUT2D eigenvalue weighted by Gasteiger charge is 2.27. The maximum absolute atomic E-state index is 12.6. The van der Waals surface area contributed by atoms with Crippen molar-refractivity contribution in [2.24, 2.45) is 0 Å². The first-order valence-corrected chi connectivity index (χ1v) is 9.26. The third-order valence-corrected chi connectivity index (χ3v) is 5.01. The van der Waals surface area contributed by atoms with E-state index in [1.807, 2.05) is 48.8 Å². The first-order chi connectivity index (χ1) is 13.8. The Morgan fingerprint density at radius 2 is 2.04 bits per heavy atom. The molecule has 0 aliphatic carbocycles. The molecule has 4 aromatic rings. The Kier molecular flexibility index (Phi) is 4.05. The molecule has 0 saturated carbocycles. The van der Waals surface area contributed by atoms with Crippen LogP contribution in [0.1, 0.15) is 16.9 Å². The maximum Gasteiger partial charge on any atom is 0.273 e. The molecule has 3 aromatic heterocycles. The molecule has 1 aromatic carbocycles. The molecule has 0 bridgehead atoms. The number of aromatic nitrogens is 3. The second-order valence-corrected chi connectivity index (χ2v) is 6.86. The summed E-state index contributed by atoms with van der Waals surface area (Å²) in [4.78, 5) is 23.7. The molecule has 0 unspecified atom stereocenters. The Labute approximate surface area is 161 Å². The van der Waals surface area contributed by atoms with E-state index in [1.54, 1.807) is 6.20 Å². The van der Waals surface area contributed by atoms with Crippen LogP contribution >= 0.6 is 0 Å². The van der Waals surface area contributed by atoms with Crippen LogP contribution in [-0.2, 0) is 0 Å². The van der Waals surface area contributed by atoms with E-state index in [0.29, 0.717) is 18.1 Å². The Morgan fingerprint density at radius 1 is 1.14 bits per heavy atom. The zero-order valence-corrected chi connectivity index (χ0v) is 15.2. The first-order valence-electron chi connectivity index (χ1n) is 9.26. The fourth-order valence-corrected chi connectivity index (χ4v) is 3.62. The van der Waals surface area contributed by atoms with Gasteiger partial charge in [-0.1, -0.05) is 18.2 Å². The highest BCUT2D eigenvalue weighted by atomic mass is 16.3. The van der Waals surface area contributed by atoms with E-state index in [0.717, 1.165) is 29.9 Å². The molecule has 28 heavy (non-hydrogen) atoms. The predicted molar refractivity (Wildman–Crippen MR) is 105 cm³/mol. The summed E-state index contributed by atoms with van der Waals surface area (Å²) in [6.07, 6.45) is 8.01. The average Bonchev–Trinajstić information content (AvgIpc) is 3.48. The van der Waals surface area contributed by atoms with E-state index in [2.05, 4.69) is 30.7 Å². The van der Waals surface area contributed by atoms with Gasteiger partial charge < -0.3 is 19.0 Å². The molecule has 0 radical (unpaired) electrons. The van der Waals surface area contributed by atoms with Crippen molar-refractivity contribution in [3.05, 3.63) is 73.0 Å². The number of hydrogen-bond acceptors (Lipinski definition) is 5. The van der Waals surface area contributed by atoms with Crippen LogP contribution in [0.5, 0.6) is 0 Å². The minimum atomic E-state index is -0.216. The molecule has 1 atom stereocenters. The van der Waals surface area contributed by atoms with Crippen LogP contribution in [0.2, 0.25) is 0 Å². The number of carbonyl (C=O) groups excluding carboxylic acids is 1. The van der Waals surface area contributed by atoms with Gasteiger partial charge in [-0.3, -0.25) is 4.79 Å². The lowest BCUT2D eigenvalue weighted by Gasteiger charge is -2.18. The van der Waals surface area contributed by atoms with Crippen molar-refractivity contribution < 1.29 is 9.21 Å². The number of rotatable bonds is 4. The summed E-state index contributed by atoms with van der Waals surface area (Å²) < 4.78 is 7.52. The zero-order chi connectivity index (χ0) is 18.9. The highest BCUT2D eigenvalue weighted by Crippen LogP contribution is 2.24. The fourth-order valence-electron chi connectivity index (χ4n) is 3.62. The second-order valence-electron chi connectivity index (χ2n) is 6.86. The normalized spacial score (nSPS) is 16.6. The summed E-state index contributed by atoms with van der Waals surface area (Å²) >= 11 is 0. The number of anilines is 1. The van der Waals surface area contributed by atoms with Crippen molar-refractivity contribution in [3.8, 4) is 11.5 Å². The molecular weight excluding hydrogens is 354 g/mol. The molecule has 1 fully saturated rings. The Hall–Kier alpha value is -3.61. The van der Waals surface area contributed by atoms with Gasteiger partial charge in [-0.25, -0.2) is 9.97 Å². The average molecular weight is 373 g/mol. The van der Waals surface area contributed by atoms with Gasteiger partial charge in [-0.05, 0) is 30.7 Å². The van der Waals surface area contributed by atoms with E-state index in [9.17, 15) is 4.79 Å². The maximum atomic E-state index is 12.6. The summed E-state index contributed by atoms with van der Waals surface area (Å²) in [6.45, 7) is 1.56. The largest absolute Gasteiger partial charge is 0.444 e. The van der Waals surface area contributed by atoms with Gasteiger partial charge in [-0.2, -0.15) is 0 Å². The van der Waals surface area contributed by atoms with Gasteiger partial charge >= 0.3 is 0 Å². The number of fused-ring (bicyclic) bond motifs is 1. The molecule has 5 rings (SSSR count). The third kappa shape index (κ3) is 3.00. The summed E-state index contributed by atoms with van der Waals surface area (Å²) in [6, 6.07) is 13.6. The number of benzene rings is 1. The van der Waals surface area contributed by atoms with Crippen molar-refractivity contribution in [3.63, 3.8) is 0 Å².